The van der Waals surface area contributed by atoms with Crippen LogP contribution in [0.3, 0.4) is 0 Å². The number of imidazole rings is 2. The fourth-order valence-electron chi connectivity index (χ4n) is 5.75. The second kappa shape index (κ2) is 18.6. The number of ether oxygens (including phenoxy) is 2. The van der Waals surface area contributed by atoms with E-state index in [0.717, 1.165) is 34.4 Å². The Kier molecular flexibility index (Phi) is 14.4. The van der Waals surface area contributed by atoms with E-state index < -0.39 is 12.1 Å². The molecule has 274 valence electrons. The van der Waals surface area contributed by atoms with Gasteiger partial charge in [-0.2, -0.15) is 0 Å². The molecule has 13 heteroatoms. The number of nitrogens with zero attached hydrogens (tertiary/aromatic N) is 3. The summed E-state index contributed by atoms with van der Waals surface area (Å²) < 4.78 is 9.70. The first-order chi connectivity index (χ1) is 24.5. The highest BCUT2D eigenvalue weighted by Gasteiger charge is 2.30. The van der Waals surface area contributed by atoms with E-state index in [1.54, 1.807) is 11.1 Å². The number of halogens is 1. The molecule has 0 aliphatic heterocycles. The highest BCUT2D eigenvalue weighted by molar-refractivity contribution is 6.31. The summed E-state index contributed by atoms with van der Waals surface area (Å²) in [6, 6.07) is 15.3. The third-order valence-electron chi connectivity index (χ3n) is 8.96. The van der Waals surface area contributed by atoms with Crippen LogP contribution >= 0.6 is 11.6 Å². The van der Waals surface area contributed by atoms with Crippen LogP contribution in [0.5, 0.6) is 0 Å². The average Bonchev–Trinajstić information content (AvgIpc) is 3.76. The molecule has 4 rings (SSSR count). The van der Waals surface area contributed by atoms with E-state index in [1.807, 2.05) is 57.3 Å². The number of ketones is 1. The van der Waals surface area contributed by atoms with Crippen molar-refractivity contribution >= 4 is 29.4 Å². The number of nitrogens with one attached hydrogen (secondary N) is 4. The largest absolute Gasteiger partial charge is 0.453 e. The van der Waals surface area contributed by atoms with E-state index in [-0.39, 0.29) is 42.7 Å². The molecule has 0 fully saturated rings. The van der Waals surface area contributed by atoms with Gasteiger partial charge in [0, 0.05) is 25.6 Å². The van der Waals surface area contributed by atoms with Crippen LogP contribution < -0.4 is 10.6 Å². The van der Waals surface area contributed by atoms with Crippen LogP contribution in [0, 0.1) is 11.8 Å². The predicted octanol–water partition coefficient (Wildman–Crippen LogP) is 6.80. The van der Waals surface area contributed by atoms with Crippen LogP contribution in [-0.2, 0) is 25.6 Å². The number of aromatic amines is 2. The number of carbonyl (C=O) groups excluding carboxylic acids is 3. The van der Waals surface area contributed by atoms with Gasteiger partial charge in [0.25, 0.3) is 0 Å². The summed E-state index contributed by atoms with van der Waals surface area (Å²) in [6.45, 7) is 8.89. The third-order valence-corrected chi connectivity index (χ3v) is 9.24. The maximum absolute atomic E-state index is 13.6. The molecule has 2 aromatic heterocycles. The Bertz CT molecular complexity index is 1740. The molecule has 0 aliphatic carbocycles. The Balaban J connectivity index is 1.45. The van der Waals surface area contributed by atoms with Crippen molar-refractivity contribution in [1.29, 1.82) is 0 Å². The molecule has 4 N–H and O–H groups in total. The van der Waals surface area contributed by atoms with Crippen molar-refractivity contribution in [3.63, 3.8) is 0 Å². The number of hydrogen-bond donors (Lipinski definition) is 4. The van der Waals surface area contributed by atoms with Crippen LogP contribution in [0.4, 0.5) is 4.79 Å². The molecule has 4 aromatic rings. The van der Waals surface area contributed by atoms with Crippen LogP contribution in [0.25, 0.3) is 33.6 Å². The van der Waals surface area contributed by atoms with Crippen LogP contribution in [0.1, 0.15) is 64.6 Å². The lowest BCUT2D eigenvalue weighted by atomic mass is 10.0. The summed E-state index contributed by atoms with van der Waals surface area (Å²) in [4.78, 5) is 55.2. The number of alkyl carbamates (subject to hydrolysis) is 1. The van der Waals surface area contributed by atoms with E-state index in [2.05, 4.69) is 51.6 Å². The number of rotatable bonds is 18. The quantitative estimate of drug-likeness (QED) is 0.0876. The number of amides is 2. The molecule has 0 radical (unpaired) electrons. The first-order valence-electron chi connectivity index (χ1n) is 17.3. The Morgan fingerprint density at radius 2 is 1.57 bits per heavy atom. The van der Waals surface area contributed by atoms with Gasteiger partial charge in [0.15, 0.2) is 5.78 Å². The van der Waals surface area contributed by atoms with E-state index in [1.165, 1.54) is 14.2 Å². The number of benzene rings is 2. The topological polar surface area (TPSA) is 154 Å². The van der Waals surface area contributed by atoms with E-state index in [0.29, 0.717) is 41.9 Å². The van der Waals surface area contributed by atoms with Crippen molar-refractivity contribution in [2.24, 2.45) is 11.8 Å². The van der Waals surface area contributed by atoms with Gasteiger partial charge in [0.1, 0.15) is 35.1 Å². The molecule has 0 saturated heterocycles. The van der Waals surface area contributed by atoms with Crippen LogP contribution in [0.2, 0.25) is 5.15 Å². The first kappa shape index (κ1) is 39.3. The van der Waals surface area contributed by atoms with Crippen molar-refractivity contribution in [3.8, 4) is 33.6 Å². The van der Waals surface area contributed by atoms with Gasteiger partial charge in [0.2, 0.25) is 5.91 Å². The second-order valence-electron chi connectivity index (χ2n) is 13.1. The minimum absolute atomic E-state index is 0.0355. The number of Topliss-reactive ketones (excluding diaryl/α,β-unsaturated/α-hetero) is 1. The van der Waals surface area contributed by atoms with Gasteiger partial charge in [-0.25, -0.2) is 14.8 Å². The Morgan fingerprint density at radius 3 is 2.14 bits per heavy atom. The zero-order valence-corrected chi connectivity index (χ0v) is 31.3. The van der Waals surface area contributed by atoms with Gasteiger partial charge in [-0.15, -0.1) is 0 Å². The molecule has 2 heterocycles. The smallest absolute Gasteiger partial charge is 0.407 e. The fraction of sp³-hybridized carbons (Fsp3) is 0.447. The molecule has 0 saturated carbocycles. The molecule has 0 bridgehead atoms. The predicted molar refractivity (Wildman–Crippen MR) is 199 cm³/mol. The van der Waals surface area contributed by atoms with E-state index in [4.69, 9.17) is 26.1 Å². The SMILES string of the molecule is CCC(C)CN(Cc1ncc(-c2ccc(-c3ccc(-c4nc(C(CCC(=O)COC)NC)[nH]c4Cl)cc3)cc2)[nH]1)C(=O)C(NC(=O)OC)C(C)C. The minimum Gasteiger partial charge on any atom is -0.453 e. The molecule has 3 atom stereocenters. The van der Waals surface area contributed by atoms with Gasteiger partial charge < -0.3 is 35.0 Å². The summed E-state index contributed by atoms with van der Waals surface area (Å²) in [5.41, 5.74) is 5.39. The summed E-state index contributed by atoms with van der Waals surface area (Å²) in [6.07, 6.45) is 2.99. The molecule has 51 heavy (non-hydrogen) atoms. The monoisotopic (exact) mass is 719 g/mol. The minimum atomic E-state index is -0.716. The maximum Gasteiger partial charge on any atom is 0.407 e. The van der Waals surface area contributed by atoms with Gasteiger partial charge in [0.05, 0.1) is 31.6 Å². The van der Waals surface area contributed by atoms with Gasteiger partial charge in [-0.05, 0) is 42.0 Å². The van der Waals surface area contributed by atoms with Gasteiger partial charge in [-0.3, -0.25) is 9.59 Å². The highest BCUT2D eigenvalue weighted by atomic mass is 35.5. The molecular formula is C38H50ClN7O5. The number of aromatic nitrogens is 4. The van der Waals surface area contributed by atoms with Gasteiger partial charge >= 0.3 is 6.09 Å². The summed E-state index contributed by atoms with van der Waals surface area (Å²) >= 11 is 6.57. The normalized spacial score (nSPS) is 13.1. The third kappa shape index (κ3) is 10.5. The molecular weight excluding hydrogens is 670 g/mol. The van der Waals surface area contributed by atoms with Crippen molar-refractivity contribution in [2.75, 3.05) is 34.4 Å². The Hall–Kier alpha value is -4.52. The van der Waals surface area contributed by atoms with Crippen molar-refractivity contribution in [2.45, 2.75) is 65.6 Å². The molecule has 0 aliphatic rings. The van der Waals surface area contributed by atoms with Crippen molar-refractivity contribution in [1.82, 2.24) is 35.5 Å². The number of H-pyrrole nitrogens is 2. The number of methoxy groups -OCH3 is 2. The lowest BCUT2D eigenvalue weighted by molar-refractivity contribution is -0.135. The second-order valence-corrected chi connectivity index (χ2v) is 13.5. The summed E-state index contributed by atoms with van der Waals surface area (Å²) in [5, 5.41) is 6.34. The Labute approximate surface area is 305 Å². The van der Waals surface area contributed by atoms with E-state index >= 15 is 0 Å². The molecule has 2 amide bonds. The van der Waals surface area contributed by atoms with Crippen molar-refractivity contribution < 1.29 is 23.9 Å². The first-order valence-corrected chi connectivity index (χ1v) is 17.7. The van der Waals surface area contributed by atoms with Gasteiger partial charge in [-0.1, -0.05) is 94.2 Å². The van der Waals surface area contributed by atoms with Crippen LogP contribution in [0.15, 0.2) is 54.7 Å². The number of carbonyl (C=O) groups is 3. The summed E-state index contributed by atoms with van der Waals surface area (Å²) in [7, 11) is 4.63. The standard InChI is InChI=1S/C38H50ClN7O5/c1-8-24(4)20-46(37(48)33(23(2)3)44-38(49)51-7)21-32-41-19-31(42-32)27-13-9-25(10-14-27)26-11-15-28(16-12-26)34-35(39)45-36(43-34)30(40-5)18-17-29(47)22-50-6/h9-16,19,23-24,30,33,40H,8,17-18,20-22H2,1-7H3,(H,41,42)(H,43,45)(H,44,49). The molecule has 12 nitrogen and oxygen atoms in total. The average molecular weight is 720 g/mol. The van der Waals surface area contributed by atoms with E-state index in [9.17, 15) is 14.4 Å². The molecule has 3 unspecified atom stereocenters. The lowest BCUT2D eigenvalue weighted by Gasteiger charge is -2.30. The van der Waals surface area contributed by atoms with Crippen LogP contribution in [-0.4, -0.2) is 83.1 Å². The zero-order chi connectivity index (χ0) is 37.1. The lowest BCUT2D eigenvalue weighted by Crippen LogP contribution is -2.51. The zero-order valence-electron chi connectivity index (χ0n) is 30.5. The maximum atomic E-state index is 13.6. The highest BCUT2D eigenvalue weighted by Crippen LogP contribution is 2.31. The summed E-state index contributed by atoms with van der Waals surface area (Å²) in [5.74, 6) is 1.34. The molecule has 0 spiro atoms. The fourth-order valence-corrected chi connectivity index (χ4v) is 6.00. The Morgan fingerprint density at radius 1 is 0.941 bits per heavy atom. The molecule has 2 aromatic carbocycles. The van der Waals surface area contributed by atoms with Crippen molar-refractivity contribution in [3.05, 3.63) is 71.5 Å². The number of hydrogen-bond acceptors (Lipinski definition) is 8.